The molecule has 1 fully saturated rings. The van der Waals surface area contributed by atoms with Crippen LogP contribution >= 0.6 is 11.6 Å². The molecule has 5 nitrogen and oxygen atoms in total. The van der Waals surface area contributed by atoms with E-state index in [2.05, 4.69) is 9.87 Å². The number of hydrogen-bond donors (Lipinski definition) is 1. The number of sulfonamides is 1. The van der Waals surface area contributed by atoms with Gasteiger partial charge in [-0.25, -0.2) is 13.4 Å². The lowest BCUT2D eigenvalue weighted by Gasteiger charge is -2.12. The maximum Gasteiger partial charge on any atom is 0.265 e. The molecule has 7 heteroatoms. The normalized spacial score (nSPS) is 17.5. The SMILES string of the molecule is O=S(=O)(NOC1CCCC1)c1cccnc1Cl. The van der Waals surface area contributed by atoms with Crippen LogP contribution in [0.5, 0.6) is 0 Å². The average molecular weight is 277 g/mol. The van der Waals surface area contributed by atoms with Crippen LogP contribution in [0, 0.1) is 0 Å². The molecule has 94 valence electrons. The topological polar surface area (TPSA) is 68.3 Å². The highest BCUT2D eigenvalue weighted by Crippen LogP contribution is 2.22. The van der Waals surface area contributed by atoms with Gasteiger partial charge in [0.1, 0.15) is 10.0 Å². The van der Waals surface area contributed by atoms with Gasteiger partial charge in [0.15, 0.2) is 0 Å². The predicted molar refractivity (Wildman–Crippen MR) is 62.9 cm³/mol. The van der Waals surface area contributed by atoms with E-state index in [4.69, 9.17) is 16.4 Å². The molecule has 1 aromatic heterocycles. The van der Waals surface area contributed by atoms with Gasteiger partial charge < -0.3 is 0 Å². The molecule has 0 aromatic carbocycles. The van der Waals surface area contributed by atoms with E-state index in [1.54, 1.807) is 0 Å². The summed E-state index contributed by atoms with van der Waals surface area (Å²) < 4.78 is 23.7. The average Bonchev–Trinajstić information content (AvgIpc) is 2.80. The molecule has 1 aromatic rings. The molecule has 0 atom stereocenters. The largest absolute Gasteiger partial charge is 0.284 e. The Kier molecular flexibility index (Phi) is 3.98. The second-order valence-electron chi connectivity index (χ2n) is 3.90. The van der Waals surface area contributed by atoms with Crippen molar-refractivity contribution in [3.63, 3.8) is 0 Å². The molecular weight excluding hydrogens is 264 g/mol. The van der Waals surface area contributed by atoms with E-state index < -0.39 is 10.0 Å². The summed E-state index contributed by atoms with van der Waals surface area (Å²) >= 11 is 5.72. The fourth-order valence-corrected chi connectivity index (χ4v) is 3.06. The molecule has 1 saturated carbocycles. The molecular formula is C10H13ClN2O3S. The van der Waals surface area contributed by atoms with Crippen molar-refractivity contribution in [1.82, 2.24) is 9.87 Å². The molecule has 0 unspecified atom stereocenters. The summed E-state index contributed by atoms with van der Waals surface area (Å²) in [6.45, 7) is 0. The number of halogens is 1. The van der Waals surface area contributed by atoms with Crippen LogP contribution in [0.15, 0.2) is 23.2 Å². The monoisotopic (exact) mass is 276 g/mol. The van der Waals surface area contributed by atoms with Crippen molar-refractivity contribution < 1.29 is 13.3 Å². The van der Waals surface area contributed by atoms with Crippen molar-refractivity contribution in [3.8, 4) is 0 Å². The Morgan fingerprint density at radius 3 is 2.76 bits per heavy atom. The number of pyridine rings is 1. The minimum absolute atomic E-state index is 0.0415. The van der Waals surface area contributed by atoms with Gasteiger partial charge >= 0.3 is 0 Å². The summed E-state index contributed by atoms with van der Waals surface area (Å²) in [4.78, 5) is 10.9. The highest BCUT2D eigenvalue weighted by molar-refractivity contribution is 7.89. The van der Waals surface area contributed by atoms with Crippen molar-refractivity contribution in [2.24, 2.45) is 0 Å². The lowest BCUT2D eigenvalue weighted by molar-refractivity contribution is 0.0223. The first-order valence-electron chi connectivity index (χ1n) is 5.37. The molecule has 17 heavy (non-hydrogen) atoms. The van der Waals surface area contributed by atoms with Gasteiger partial charge in [-0.3, -0.25) is 4.84 Å². The number of nitrogens with zero attached hydrogens (tertiary/aromatic N) is 1. The van der Waals surface area contributed by atoms with Gasteiger partial charge in [-0.15, -0.1) is 0 Å². The standard InChI is InChI=1S/C10H13ClN2O3S/c11-10-9(6-3-7-12-10)17(14,15)13-16-8-4-1-2-5-8/h3,6-8,13H,1-2,4-5H2. The van der Waals surface area contributed by atoms with Crippen LogP contribution in [-0.4, -0.2) is 19.5 Å². The Morgan fingerprint density at radius 2 is 2.12 bits per heavy atom. The van der Waals surface area contributed by atoms with Crippen LogP contribution in [0.3, 0.4) is 0 Å². The second-order valence-corrected chi connectivity index (χ2v) is 5.87. The smallest absolute Gasteiger partial charge is 0.265 e. The zero-order chi connectivity index (χ0) is 12.3. The van der Waals surface area contributed by atoms with Gasteiger partial charge in [0.05, 0.1) is 6.10 Å². The predicted octanol–water partition coefficient (Wildman–Crippen LogP) is 1.89. The fourth-order valence-electron chi connectivity index (χ4n) is 1.75. The molecule has 0 saturated heterocycles. The van der Waals surface area contributed by atoms with Crippen LogP contribution in [0.2, 0.25) is 5.15 Å². The molecule has 0 aliphatic heterocycles. The summed E-state index contributed by atoms with van der Waals surface area (Å²) in [7, 11) is -3.75. The fraction of sp³-hybridized carbons (Fsp3) is 0.500. The lowest BCUT2D eigenvalue weighted by Crippen LogP contribution is -2.28. The zero-order valence-electron chi connectivity index (χ0n) is 9.10. The van der Waals surface area contributed by atoms with E-state index in [-0.39, 0.29) is 16.2 Å². The number of rotatable bonds is 4. The van der Waals surface area contributed by atoms with Gasteiger partial charge in [-0.05, 0) is 25.0 Å². The van der Waals surface area contributed by atoms with Crippen molar-refractivity contribution >= 4 is 21.6 Å². The summed E-state index contributed by atoms with van der Waals surface area (Å²) in [6, 6.07) is 2.89. The van der Waals surface area contributed by atoms with Crippen molar-refractivity contribution in [1.29, 1.82) is 0 Å². The third-order valence-corrected chi connectivity index (χ3v) is 4.28. The molecule has 0 radical (unpaired) electrons. The zero-order valence-corrected chi connectivity index (χ0v) is 10.7. The van der Waals surface area contributed by atoms with Crippen molar-refractivity contribution in [2.45, 2.75) is 36.7 Å². The summed E-state index contributed by atoms with van der Waals surface area (Å²) in [5.74, 6) is 0. The highest BCUT2D eigenvalue weighted by Gasteiger charge is 2.22. The van der Waals surface area contributed by atoms with E-state index in [1.165, 1.54) is 18.3 Å². The third-order valence-electron chi connectivity index (χ3n) is 2.64. The van der Waals surface area contributed by atoms with E-state index in [9.17, 15) is 8.42 Å². The van der Waals surface area contributed by atoms with Crippen molar-refractivity contribution in [3.05, 3.63) is 23.5 Å². The Labute approximate surface area is 105 Å². The van der Waals surface area contributed by atoms with E-state index in [0.717, 1.165) is 25.7 Å². The maximum absolute atomic E-state index is 11.8. The van der Waals surface area contributed by atoms with E-state index in [0.29, 0.717) is 0 Å². The van der Waals surface area contributed by atoms with E-state index >= 15 is 0 Å². The number of hydrogen-bond acceptors (Lipinski definition) is 4. The van der Waals surface area contributed by atoms with Gasteiger partial charge in [0.2, 0.25) is 0 Å². The maximum atomic E-state index is 11.8. The lowest BCUT2D eigenvalue weighted by atomic mass is 10.3. The first kappa shape index (κ1) is 12.8. The molecule has 0 bridgehead atoms. The van der Waals surface area contributed by atoms with Crippen LogP contribution in [-0.2, 0) is 14.9 Å². The van der Waals surface area contributed by atoms with Crippen LogP contribution in [0.25, 0.3) is 0 Å². The Morgan fingerprint density at radius 1 is 1.41 bits per heavy atom. The van der Waals surface area contributed by atoms with Gasteiger partial charge in [0, 0.05) is 6.20 Å². The summed E-state index contributed by atoms with van der Waals surface area (Å²) in [6.07, 6.45) is 5.28. The van der Waals surface area contributed by atoms with Crippen LogP contribution in [0.4, 0.5) is 0 Å². The molecule has 1 aliphatic carbocycles. The van der Waals surface area contributed by atoms with Gasteiger partial charge in [0.25, 0.3) is 10.0 Å². The number of nitrogens with one attached hydrogen (secondary N) is 1. The molecule has 1 heterocycles. The Balaban J connectivity index is 2.06. The number of aromatic nitrogens is 1. The first-order chi connectivity index (χ1) is 8.09. The van der Waals surface area contributed by atoms with Gasteiger partial charge in [-0.2, -0.15) is 0 Å². The summed E-state index contributed by atoms with van der Waals surface area (Å²) in [5.41, 5.74) is 0. The molecule has 0 spiro atoms. The van der Waals surface area contributed by atoms with Gasteiger partial charge in [-0.1, -0.05) is 29.3 Å². The molecule has 1 aliphatic rings. The Bertz CT molecular complexity index is 486. The van der Waals surface area contributed by atoms with Crippen LogP contribution in [0.1, 0.15) is 25.7 Å². The minimum Gasteiger partial charge on any atom is -0.284 e. The Hall–Kier alpha value is -0.690. The second kappa shape index (κ2) is 5.30. The summed E-state index contributed by atoms with van der Waals surface area (Å²) in [5, 5.41) is -0.0602. The molecule has 2 rings (SSSR count). The molecule has 1 N–H and O–H groups in total. The highest BCUT2D eigenvalue weighted by atomic mass is 35.5. The first-order valence-corrected chi connectivity index (χ1v) is 7.24. The quantitative estimate of drug-likeness (QED) is 0.673. The molecule has 0 amide bonds. The van der Waals surface area contributed by atoms with Crippen LogP contribution < -0.4 is 4.89 Å². The van der Waals surface area contributed by atoms with E-state index in [1.807, 2.05) is 0 Å². The third kappa shape index (κ3) is 3.16. The van der Waals surface area contributed by atoms with Crippen molar-refractivity contribution in [2.75, 3.05) is 0 Å². The minimum atomic E-state index is -3.75.